The highest BCUT2D eigenvalue weighted by Crippen LogP contribution is 2.49. The smallest absolute Gasteiger partial charge is 0.0294 e. The Labute approximate surface area is 130 Å². The molecule has 0 spiro atoms. The van der Waals surface area contributed by atoms with Crippen molar-refractivity contribution in [2.24, 2.45) is 0 Å². The van der Waals surface area contributed by atoms with Crippen molar-refractivity contribution >= 4 is 23.5 Å². The summed E-state index contributed by atoms with van der Waals surface area (Å²) < 4.78 is 0. The van der Waals surface area contributed by atoms with Gasteiger partial charge in [0.1, 0.15) is 0 Å². The molecule has 104 valence electrons. The van der Waals surface area contributed by atoms with Crippen LogP contribution in [-0.2, 0) is 6.42 Å². The molecule has 2 aromatic carbocycles. The van der Waals surface area contributed by atoms with Crippen LogP contribution >= 0.6 is 23.5 Å². The molecule has 0 N–H and O–H groups in total. The van der Waals surface area contributed by atoms with Gasteiger partial charge in [0.05, 0.1) is 0 Å². The Morgan fingerprint density at radius 3 is 2.30 bits per heavy atom. The highest BCUT2D eigenvalue weighted by Gasteiger charge is 2.18. The van der Waals surface area contributed by atoms with Crippen LogP contribution in [0.3, 0.4) is 0 Å². The lowest BCUT2D eigenvalue weighted by molar-refractivity contribution is 0.662. The van der Waals surface area contributed by atoms with E-state index in [-0.39, 0.29) is 0 Å². The van der Waals surface area contributed by atoms with Gasteiger partial charge in [-0.2, -0.15) is 0 Å². The molecule has 1 aliphatic rings. The van der Waals surface area contributed by atoms with Gasteiger partial charge in [0.15, 0.2) is 0 Å². The van der Waals surface area contributed by atoms with Crippen molar-refractivity contribution in [3.05, 3.63) is 48.0 Å². The van der Waals surface area contributed by atoms with Gasteiger partial charge in [-0.05, 0) is 36.6 Å². The fraction of sp³-hybridized carbons (Fsp3) is 0.333. The van der Waals surface area contributed by atoms with Gasteiger partial charge in [-0.3, -0.25) is 0 Å². The summed E-state index contributed by atoms with van der Waals surface area (Å²) >= 11 is 3.87. The normalized spacial score (nSPS) is 12.8. The quantitative estimate of drug-likeness (QED) is 0.498. The second-order valence-electron chi connectivity index (χ2n) is 5.21. The number of aryl methyl sites for hydroxylation is 1. The second kappa shape index (κ2) is 6.73. The molecule has 0 amide bonds. The number of fused-ring (bicyclic) bond motifs is 2. The first-order valence-corrected chi connectivity index (χ1v) is 9.08. The zero-order chi connectivity index (χ0) is 13.8. The van der Waals surface area contributed by atoms with E-state index in [0.29, 0.717) is 0 Å². The SMILES string of the molecule is CCCCCCc1cccc2c1Sc1ccccc1S2. The highest BCUT2D eigenvalue weighted by molar-refractivity contribution is 8.05. The Morgan fingerprint density at radius 1 is 0.750 bits per heavy atom. The molecule has 3 rings (SSSR count). The molecule has 0 aliphatic carbocycles. The Hall–Kier alpha value is -0.860. The van der Waals surface area contributed by atoms with E-state index >= 15 is 0 Å². The molecule has 0 fully saturated rings. The molecule has 0 saturated carbocycles. The molecule has 1 heterocycles. The van der Waals surface area contributed by atoms with Crippen molar-refractivity contribution < 1.29 is 0 Å². The zero-order valence-electron chi connectivity index (χ0n) is 11.9. The van der Waals surface area contributed by atoms with Gasteiger partial charge >= 0.3 is 0 Å². The molecule has 0 nitrogen and oxygen atoms in total. The molecule has 0 aromatic heterocycles. The van der Waals surface area contributed by atoms with E-state index in [0.717, 1.165) is 0 Å². The lowest BCUT2D eigenvalue weighted by atomic mass is 10.1. The van der Waals surface area contributed by atoms with Gasteiger partial charge in [-0.15, -0.1) is 0 Å². The molecule has 2 aromatic rings. The molecule has 0 atom stereocenters. The predicted octanol–water partition coefficient (Wildman–Crippen LogP) is 6.43. The summed E-state index contributed by atoms with van der Waals surface area (Å²) in [4.78, 5) is 5.73. The largest absolute Gasteiger partial charge is 0.0877 e. The van der Waals surface area contributed by atoms with Gasteiger partial charge < -0.3 is 0 Å². The summed E-state index contributed by atoms with van der Waals surface area (Å²) in [5.74, 6) is 0. The van der Waals surface area contributed by atoms with Crippen molar-refractivity contribution in [3.8, 4) is 0 Å². The molecular formula is C18H20S2. The summed E-state index contributed by atoms with van der Waals surface area (Å²) in [6, 6.07) is 15.5. The summed E-state index contributed by atoms with van der Waals surface area (Å²) in [5.41, 5.74) is 1.53. The molecular weight excluding hydrogens is 280 g/mol. The Kier molecular flexibility index (Phi) is 4.74. The van der Waals surface area contributed by atoms with E-state index in [4.69, 9.17) is 0 Å². The standard InChI is InChI=1S/C18H20S2/c1-2-3-4-5-9-14-10-8-13-17-18(14)20-16-12-7-6-11-15(16)19-17/h6-8,10-13H,2-5,9H2,1H3. The summed E-state index contributed by atoms with van der Waals surface area (Å²) in [6.07, 6.45) is 6.56. The van der Waals surface area contributed by atoms with E-state index in [2.05, 4.69) is 49.4 Å². The summed E-state index contributed by atoms with van der Waals surface area (Å²) in [7, 11) is 0. The third-order valence-corrected chi connectivity index (χ3v) is 6.30. The van der Waals surface area contributed by atoms with Gasteiger partial charge in [0.2, 0.25) is 0 Å². The van der Waals surface area contributed by atoms with E-state index < -0.39 is 0 Å². The molecule has 1 aliphatic heterocycles. The predicted molar refractivity (Wildman–Crippen MR) is 89.0 cm³/mol. The van der Waals surface area contributed by atoms with Gasteiger partial charge in [0, 0.05) is 19.6 Å². The lowest BCUT2D eigenvalue weighted by Gasteiger charge is -2.20. The van der Waals surface area contributed by atoms with Crippen LogP contribution in [0.5, 0.6) is 0 Å². The fourth-order valence-electron chi connectivity index (χ4n) is 2.54. The minimum atomic E-state index is 1.22. The van der Waals surface area contributed by atoms with E-state index in [1.165, 1.54) is 57.2 Å². The Morgan fingerprint density at radius 2 is 1.50 bits per heavy atom. The monoisotopic (exact) mass is 300 g/mol. The van der Waals surface area contributed by atoms with Crippen LogP contribution in [0.2, 0.25) is 0 Å². The minimum Gasteiger partial charge on any atom is -0.0877 e. The lowest BCUT2D eigenvalue weighted by Crippen LogP contribution is -1.95. The van der Waals surface area contributed by atoms with Crippen molar-refractivity contribution in [3.63, 3.8) is 0 Å². The van der Waals surface area contributed by atoms with Gasteiger partial charge in [-0.1, -0.05) is 74.0 Å². The van der Waals surface area contributed by atoms with Crippen LogP contribution in [0.4, 0.5) is 0 Å². The van der Waals surface area contributed by atoms with Crippen molar-refractivity contribution in [1.82, 2.24) is 0 Å². The van der Waals surface area contributed by atoms with Crippen LogP contribution in [0.1, 0.15) is 38.2 Å². The van der Waals surface area contributed by atoms with Crippen LogP contribution in [0, 0.1) is 0 Å². The first-order valence-electron chi connectivity index (χ1n) is 7.45. The van der Waals surface area contributed by atoms with Gasteiger partial charge in [-0.25, -0.2) is 0 Å². The Balaban J connectivity index is 1.79. The van der Waals surface area contributed by atoms with Gasteiger partial charge in [0.25, 0.3) is 0 Å². The molecule has 0 saturated heterocycles. The third kappa shape index (κ3) is 3.07. The number of rotatable bonds is 5. The average molecular weight is 300 g/mol. The summed E-state index contributed by atoms with van der Waals surface area (Å²) in [5, 5.41) is 0. The number of benzene rings is 2. The van der Waals surface area contributed by atoms with E-state index in [1.54, 1.807) is 0 Å². The van der Waals surface area contributed by atoms with Crippen LogP contribution in [0.15, 0.2) is 62.0 Å². The maximum atomic E-state index is 2.31. The number of unbranched alkanes of at least 4 members (excludes halogenated alkanes) is 3. The summed E-state index contributed by atoms with van der Waals surface area (Å²) in [6.45, 7) is 2.27. The van der Waals surface area contributed by atoms with Crippen molar-refractivity contribution in [1.29, 1.82) is 0 Å². The van der Waals surface area contributed by atoms with Crippen LogP contribution in [0.25, 0.3) is 0 Å². The number of hydrogen-bond donors (Lipinski definition) is 0. The fourth-order valence-corrected chi connectivity index (χ4v) is 4.97. The average Bonchev–Trinajstić information content (AvgIpc) is 2.50. The zero-order valence-corrected chi connectivity index (χ0v) is 13.5. The molecule has 0 unspecified atom stereocenters. The maximum absolute atomic E-state index is 2.31. The maximum Gasteiger partial charge on any atom is 0.0294 e. The van der Waals surface area contributed by atoms with E-state index in [1.807, 2.05) is 23.5 Å². The minimum absolute atomic E-state index is 1.22. The molecule has 0 bridgehead atoms. The first kappa shape index (κ1) is 14.1. The van der Waals surface area contributed by atoms with Crippen LogP contribution in [-0.4, -0.2) is 0 Å². The third-order valence-electron chi connectivity index (χ3n) is 3.64. The van der Waals surface area contributed by atoms with Crippen molar-refractivity contribution in [2.75, 3.05) is 0 Å². The van der Waals surface area contributed by atoms with Crippen LogP contribution < -0.4 is 0 Å². The number of hydrogen-bond acceptors (Lipinski definition) is 2. The molecule has 2 heteroatoms. The molecule has 0 radical (unpaired) electrons. The first-order chi connectivity index (χ1) is 9.88. The highest BCUT2D eigenvalue weighted by atomic mass is 32.2. The van der Waals surface area contributed by atoms with E-state index in [9.17, 15) is 0 Å². The topological polar surface area (TPSA) is 0 Å². The molecule has 20 heavy (non-hydrogen) atoms. The Bertz CT molecular complexity index is 590. The van der Waals surface area contributed by atoms with Crippen molar-refractivity contribution in [2.45, 2.75) is 58.6 Å². The second-order valence-corrected chi connectivity index (χ2v) is 7.34.